The van der Waals surface area contributed by atoms with Crippen molar-refractivity contribution >= 4 is 12.0 Å². The highest BCUT2D eigenvalue weighted by atomic mass is 16.6. The van der Waals surface area contributed by atoms with Crippen LogP contribution in [-0.2, 0) is 17.7 Å². The van der Waals surface area contributed by atoms with Crippen LogP contribution < -0.4 is 10.7 Å². The maximum Gasteiger partial charge on any atom is 0.409 e. The molecule has 0 atom stereocenters. The van der Waals surface area contributed by atoms with Crippen molar-refractivity contribution in [1.29, 1.82) is 0 Å². The number of amides is 2. The van der Waals surface area contributed by atoms with E-state index in [2.05, 4.69) is 14.8 Å². The van der Waals surface area contributed by atoms with E-state index in [1.165, 1.54) is 19.3 Å². The SMILES string of the molecule is CCOC(=O)N1CCC(NC(=O)c2c(CC)n(CCN3CCCCC3)c(C)cc2=O)CC1. The van der Waals surface area contributed by atoms with Crippen LogP contribution in [0.5, 0.6) is 0 Å². The molecular weight excluding hydrogens is 408 g/mol. The van der Waals surface area contributed by atoms with Crippen molar-refractivity contribution in [2.24, 2.45) is 0 Å². The van der Waals surface area contributed by atoms with E-state index in [4.69, 9.17) is 4.74 Å². The zero-order valence-corrected chi connectivity index (χ0v) is 19.8. The molecule has 2 aliphatic rings. The first-order valence-corrected chi connectivity index (χ1v) is 12.1. The number of ether oxygens (including phenoxy) is 1. The van der Waals surface area contributed by atoms with Crippen molar-refractivity contribution in [3.05, 3.63) is 33.2 Å². The fourth-order valence-corrected chi connectivity index (χ4v) is 4.85. The van der Waals surface area contributed by atoms with Crippen LogP contribution in [0.4, 0.5) is 4.79 Å². The first kappa shape index (κ1) is 24.3. The summed E-state index contributed by atoms with van der Waals surface area (Å²) in [5.41, 5.74) is 1.77. The van der Waals surface area contributed by atoms with Gasteiger partial charge >= 0.3 is 6.09 Å². The first-order chi connectivity index (χ1) is 15.4. The van der Waals surface area contributed by atoms with Gasteiger partial charge in [-0.05, 0) is 59.0 Å². The Kier molecular flexibility index (Phi) is 8.73. The molecule has 32 heavy (non-hydrogen) atoms. The Labute approximate surface area is 190 Å². The molecule has 2 amide bonds. The minimum absolute atomic E-state index is 0.0552. The molecule has 3 rings (SSSR count). The lowest BCUT2D eigenvalue weighted by molar-refractivity contribution is 0.0858. The van der Waals surface area contributed by atoms with Gasteiger partial charge in [0.2, 0.25) is 0 Å². The number of carbonyl (C=O) groups is 2. The number of nitrogens with zero attached hydrogens (tertiary/aromatic N) is 3. The quantitative estimate of drug-likeness (QED) is 0.696. The summed E-state index contributed by atoms with van der Waals surface area (Å²) in [7, 11) is 0. The number of hydrogen-bond donors (Lipinski definition) is 1. The minimum Gasteiger partial charge on any atom is -0.450 e. The Bertz CT molecular complexity index is 852. The van der Waals surface area contributed by atoms with E-state index >= 15 is 0 Å². The molecule has 8 nitrogen and oxygen atoms in total. The maximum absolute atomic E-state index is 13.2. The van der Waals surface area contributed by atoms with Gasteiger partial charge < -0.3 is 24.4 Å². The molecule has 0 radical (unpaired) electrons. The van der Waals surface area contributed by atoms with Crippen LogP contribution >= 0.6 is 0 Å². The fourth-order valence-electron chi connectivity index (χ4n) is 4.85. The Hall–Kier alpha value is -2.35. The molecule has 3 heterocycles. The molecule has 1 aromatic rings. The lowest BCUT2D eigenvalue weighted by Gasteiger charge is -2.32. The Morgan fingerprint density at radius 1 is 1.06 bits per heavy atom. The van der Waals surface area contributed by atoms with Gasteiger partial charge in [0, 0.05) is 49.7 Å². The highest BCUT2D eigenvalue weighted by Gasteiger charge is 2.27. The molecule has 8 heteroatoms. The third-order valence-corrected chi connectivity index (χ3v) is 6.63. The number of hydrogen-bond acceptors (Lipinski definition) is 5. The molecule has 2 fully saturated rings. The van der Waals surface area contributed by atoms with Crippen LogP contribution in [0.25, 0.3) is 0 Å². The van der Waals surface area contributed by atoms with Crippen molar-refractivity contribution in [2.75, 3.05) is 39.3 Å². The predicted molar refractivity (Wildman–Crippen MR) is 124 cm³/mol. The summed E-state index contributed by atoms with van der Waals surface area (Å²) in [5, 5.41) is 3.05. The number of pyridine rings is 1. The summed E-state index contributed by atoms with van der Waals surface area (Å²) in [4.78, 5) is 42.0. The van der Waals surface area contributed by atoms with Gasteiger partial charge in [-0.3, -0.25) is 9.59 Å². The average molecular weight is 447 g/mol. The third kappa shape index (κ3) is 5.91. The molecule has 0 spiro atoms. The van der Waals surface area contributed by atoms with E-state index in [1.54, 1.807) is 17.9 Å². The lowest BCUT2D eigenvalue weighted by Crippen LogP contribution is -2.47. The number of aromatic nitrogens is 1. The van der Waals surface area contributed by atoms with E-state index in [0.29, 0.717) is 39.0 Å². The smallest absolute Gasteiger partial charge is 0.409 e. The molecular formula is C24H38N4O4. The normalized spacial score (nSPS) is 17.9. The van der Waals surface area contributed by atoms with E-state index in [1.807, 2.05) is 13.8 Å². The second kappa shape index (κ2) is 11.5. The van der Waals surface area contributed by atoms with Gasteiger partial charge in [-0.25, -0.2) is 4.79 Å². The summed E-state index contributed by atoms with van der Waals surface area (Å²) < 4.78 is 7.20. The second-order valence-electron chi connectivity index (χ2n) is 8.81. The summed E-state index contributed by atoms with van der Waals surface area (Å²) >= 11 is 0. The number of rotatable bonds is 7. The molecule has 2 saturated heterocycles. The summed E-state index contributed by atoms with van der Waals surface area (Å²) in [6, 6.07) is 1.54. The zero-order chi connectivity index (χ0) is 23.1. The van der Waals surface area contributed by atoms with Crippen molar-refractivity contribution in [3.8, 4) is 0 Å². The van der Waals surface area contributed by atoms with Gasteiger partial charge in [-0.15, -0.1) is 0 Å². The van der Waals surface area contributed by atoms with Gasteiger partial charge in [0.25, 0.3) is 5.91 Å². The Morgan fingerprint density at radius 3 is 2.38 bits per heavy atom. The molecule has 0 unspecified atom stereocenters. The number of nitrogens with one attached hydrogen (secondary N) is 1. The average Bonchev–Trinajstić information content (AvgIpc) is 2.79. The summed E-state index contributed by atoms with van der Waals surface area (Å²) in [6.45, 7) is 11.1. The number of likely N-dealkylation sites (tertiary alicyclic amines) is 2. The van der Waals surface area contributed by atoms with Crippen LogP contribution in [0.2, 0.25) is 0 Å². The van der Waals surface area contributed by atoms with Gasteiger partial charge in [0.1, 0.15) is 5.56 Å². The van der Waals surface area contributed by atoms with Crippen LogP contribution in [0, 0.1) is 6.92 Å². The minimum atomic E-state index is -0.305. The van der Waals surface area contributed by atoms with E-state index in [9.17, 15) is 14.4 Å². The molecule has 0 aliphatic carbocycles. The number of piperidine rings is 2. The molecule has 1 N–H and O–H groups in total. The first-order valence-electron chi connectivity index (χ1n) is 12.1. The fraction of sp³-hybridized carbons (Fsp3) is 0.708. The molecule has 2 aliphatic heterocycles. The lowest BCUT2D eigenvalue weighted by atomic mass is 10.0. The number of aryl methyl sites for hydroxylation is 1. The molecule has 0 bridgehead atoms. The standard InChI is InChI=1S/C24H38N4O4/c1-4-20-22(23(30)25-19-9-13-27(14-10-19)24(31)32-5-2)21(29)17-18(3)28(20)16-15-26-11-7-6-8-12-26/h17,19H,4-16H2,1-3H3,(H,25,30). The van der Waals surface area contributed by atoms with Gasteiger partial charge in [-0.1, -0.05) is 13.3 Å². The third-order valence-electron chi connectivity index (χ3n) is 6.63. The molecule has 1 aromatic heterocycles. The van der Waals surface area contributed by atoms with Gasteiger partial charge in [0.05, 0.1) is 6.61 Å². The molecule has 0 saturated carbocycles. The summed E-state index contributed by atoms with van der Waals surface area (Å²) in [6.07, 6.45) is 5.42. The highest BCUT2D eigenvalue weighted by Crippen LogP contribution is 2.15. The van der Waals surface area contributed by atoms with Crippen molar-refractivity contribution in [3.63, 3.8) is 0 Å². The van der Waals surface area contributed by atoms with Crippen LogP contribution in [-0.4, -0.2) is 71.7 Å². The van der Waals surface area contributed by atoms with Crippen LogP contribution in [0.1, 0.15) is 67.7 Å². The van der Waals surface area contributed by atoms with Crippen molar-refractivity contribution in [1.82, 2.24) is 19.7 Å². The topological polar surface area (TPSA) is 83.9 Å². The van der Waals surface area contributed by atoms with Crippen molar-refractivity contribution in [2.45, 2.75) is 71.9 Å². The van der Waals surface area contributed by atoms with E-state index < -0.39 is 0 Å². The largest absolute Gasteiger partial charge is 0.450 e. The number of carbonyl (C=O) groups excluding carboxylic acids is 2. The van der Waals surface area contributed by atoms with Crippen LogP contribution in [0.15, 0.2) is 10.9 Å². The van der Waals surface area contributed by atoms with Crippen LogP contribution in [0.3, 0.4) is 0 Å². The Morgan fingerprint density at radius 2 is 1.75 bits per heavy atom. The van der Waals surface area contributed by atoms with Gasteiger partial charge in [-0.2, -0.15) is 0 Å². The Balaban J connectivity index is 1.69. The summed E-state index contributed by atoms with van der Waals surface area (Å²) in [5.74, 6) is -0.298. The maximum atomic E-state index is 13.2. The van der Waals surface area contributed by atoms with E-state index in [0.717, 1.165) is 37.6 Å². The van der Waals surface area contributed by atoms with Gasteiger partial charge in [0.15, 0.2) is 5.43 Å². The predicted octanol–water partition coefficient (Wildman–Crippen LogP) is 2.56. The molecule has 0 aromatic carbocycles. The van der Waals surface area contributed by atoms with Crippen molar-refractivity contribution < 1.29 is 14.3 Å². The highest BCUT2D eigenvalue weighted by molar-refractivity contribution is 5.95. The second-order valence-corrected chi connectivity index (χ2v) is 8.81. The molecule has 178 valence electrons. The monoisotopic (exact) mass is 446 g/mol. The van der Waals surface area contributed by atoms with E-state index in [-0.39, 0.29) is 29.0 Å². The zero-order valence-electron chi connectivity index (χ0n) is 19.8.